The lowest BCUT2D eigenvalue weighted by Gasteiger charge is -2.24. The highest BCUT2D eigenvalue weighted by Gasteiger charge is 2.27. The molecule has 98 valence electrons. The van der Waals surface area contributed by atoms with Crippen LogP contribution in [0.1, 0.15) is 6.42 Å². The van der Waals surface area contributed by atoms with Gasteiger partial charge in [0, 0.05) is 29.9 Å². The number of nitrogens with zero attached hydrogens (tertiary/aromatic N) is 3. The van der Waals surface area contributed by atoms with Crippen LogP contribution in [-0.2, 0) is 11.8 Å². The van der Waals surface area contributed by atoms with Crippen LogP contribution in [0.4, 0.5) is 10.6 Å². The number of anilines is 1. The summed E-state index contributed by atoms with van der Waals surface area (Å²) in [6, 6.07) is 5.34. The second-order valence-corrected chi connectivity index (χ2v) is 5.28. The SMILES string of the molecule is Cn1nc(N2CCC(=O)NC2=O)c2ccc(Br)cc21. The monoisotopic (exact) mass is 322 g/mol. The maximum atomic E-state index is 11.9. The molecule has 3 amide bonds. The summed E-state index contributed by atoms with van der Waals surface area (Å²) in [5.74, 6) is 0.333. The van der Waals surface area contributed by atoms with Crippen molar-refractivity contribution in [2.75, 3.05) is 11.4 Å². The Morgan fingerprint density at radius 2 is 2.16 bits per heavy atom. The molecular formula is C12H11BrN4O2. The molecule has 0 unspecified atom stereocenters. The molecule has 1 aromatic carbocycles. The van der Waals surface area contributed by atoms with Gasteiger partial charge in [-0.1, -0.05) is 15.9 Å². The van der Waals surface area contributed by atoms with Gasteiger partial charge >= 0.3 is 6.03 Å². The van der Waals surface area contributed by atoms with Crippen LogP contribution in [0.5, 0.6) is 0 Å². The Morgan fingerprint density at radius 3 is 2.89 bits per heavy atom. The molecule has 3 rings (SSSR count). The van der Waals surface area contributed by atoms with Crippen molar-refractivity contribution in [3.63, 3.8) is 0 Å². The van der Waals surface area contributed by atoms with Gasteiger partial charge in [0.25, 0.3) is 0 Å². The molecule has 1 aliphatic rings. The molecular weight excluding hydrogens is 312 g/mol. The van der Waals surface area contributed by atoms with Crippen LogP contribution in [0, 0.1) is 0 Å². The first-order chi connectivity index (χ1) is 9.06. The number of benzene rings is 1. The minimum Gasteiger partial charge on any atom is -0.278 e. The molecule has 7 heteroatoms. The number of imide groups is 1. The van der Waals surface area contributed by atoms with Crippen molar-refractivity contribution in [3.8, 4) is 0 Å². The van der Waals surface area contributed by atoms with Gasteiger partial charge in [0.15, 0.2) is 5.82 Å². The number of carbonyl (C=O) groups is 2. The van der Waals surface area contributed by atoms with Crippen molar-refractivity contribution in [2.45, 2.75) is 6.42 Å². The van der Waals surface area contributed by atoms with Gasteiger partial charge in [-0.25, -0.2) is 4.79 Å². The number of rotatable bonds is 1. The van der Waals surface area contributed by atoms with Gasteiger partial charge in [0.05, 0.1) is 5.52 Å². The molecule has 1 N–H and O–H groups in total. The van der Waals surface area contributed by atoms with Crippen LogP contribution in [0.2, 0.25) is 0 Å². The zero-order valence-electron chi connectivity index (χ0n) is 10.2. The molecule has 0 atom stereocenters. The first kappa shape index (κ1) is 12.2. The Morgan fingerprint density at radius 1 is 1.37 bits per heavy atom. The van der Waals surface area contributed by atoms with Crippen LogP contribution in [0.25, 0.3) is 10.9 Å². The zero-order valence-corrected chi connectivity index (χ0v) is 11.8. The molecule has 2 heterocycles. The van der Waals surface area contributed by atoms with Crippen LogP contribution in [0.3, 0.4) is 0 Å². The lowest BCUT2D eigenvalue weighted by molar-refractivity contribution is -0.120. The van der Waals surface area contributed by atoms with Crippen molar-refractivity contribution >= 4 is 44.6 Å². The van der Waals surface area contributed by atoms with Crippen LogP contribution in [0.15, 0.2) is 22.7 Å². The van der Waals surface area contributed by atoms with Gasteiger partial charge in [0.1, 0.15) is 0 Å². The summed E-state index contributed by atoms with van der Waals surface area (Å²) in [6.07, 6.45) is 0.292. The third-order valence-electron chi connectivity index (χ3n) is 3.10. The van der Waals surface area contributed by atoms with E-state index in [1.54, 1.807) is 4.68 Å². The van der Waals surface area contributed by atoms with E-state index in [4.69, 9.17) is 0 Å². The quantitative estimate of drug-likeness (QED) is 0.870. The molecule has 1 aliphatic heterocycles. The number of urea groups is 1. The third-order valence-corrected chi connectivity index (χ3v) is 3.60. The van der Waals surface area contributed by atoms with Gasteiger partial charge < -0.3 is 0 Å². The number of aromatic nitrogens is 2. The highest BCUT2D eigenvalue weighted by molar-refractivity contribution is 9.10. The predicted octanol–water partition coefficient (Wildman–Crippen LogP) is 1.78. The third kappa shape index (κ3) is 1.99. The summed E-state index contributed by atoms with van der Waals surface area (Å²) in [5.41, 5.74) is 0.925. The van der Waals surface area contributed by atoms with Gasteiger partial charge in [-0.15, -0.1) is 0 Å². The average Bonchev–Trinajstić information content (AvgIpc) is 2.66. The molecule has 1 fully saturated rings. The molecule has 0 bridgehead atoms. The first-order valence-corrected chi connectivity index (χ1v) is 6.59. The summed E-state index contributed by atoms with van der Waals surface area (Å²) in [6.45, 7) is 0.354. The van der Waals surface area contributed by atoms with Crippen molar-refractivity contribution in [2.24, 2.45) is 7.05 Å². The fraction of sp³-hybridized carbons (Fsp3) is 0.250. The van der Waals surface area contributed by atoms with Crippen LogP contribution in [-0.4, -0.2) is 28.3 Å². The summed E-state index contributed by atoms with van der Waals surface area (Å²) in [7, 11) is 1.82. The Balaban J connectivity index is 2.10. The van der Waals surface area contributed by atoms with Gasteiger partial charge in [-0.2, -0.15) is 5.10 Å². The Kier molecular flexibility index (Phi) is 2.78. The van der Waals surface area contributed by atoms with Crippen LogP contribution >= 0.6 is 15.9 Å². The van der Waals surface area contributed by atoms with E-state index >= 15 is 0 Å². The molecule has 0 aliphatic carbocycles. The number of hydrogen-bond acceptors (Lipinski definition) is 3. The fourth-order valence-corrected chi connectivity index (χ4v) is 2.53. The molecule has 1 saturated heterocycles. The maximum absolute atomic E-state index is 11.9. The Bertz CT molecular complexity index is 694. The van der Waals surface area contributed by atoms with Gasteiger partial charge in [-0.05, 0) is 18.2 Å². The van der Waals surface area contributed by atoms with E-state index in [0.717, 1.165) is 15.4 Å². The molecule has 19 heavy (non-hydrogen) atoms. The lowest BCUT2D eigenvalue weighted by Crippen LogP contribution is -2.49. The molecule has 0 spiro atoms. The average molecular weight is 323 g/mol. The first-order valence-electron chi connectivity index (χ1n) is 5.80. The number of hydrogen-bond donors (Lipinski definition) is 1. The van der Waals surface area contributed by atoms with E-state index in [0.29, 0.717) is 18.8 Å². The molecule has 0 saturated carbocycles. The van der Waals surface area contributed by atoms with Crippen molar-refractivity contribution in [1.29, 1.82) is 0 Å². The van der Waals surface area contributed by atoms with Crippen molar-refractivity contribution in [1.82, 2.24) is 15.1 Å². The van der Waals surface area contributed by atoms with E-state index in [2.05, 4.69) is 26.3 Å². The Labute approximate surface area is 117 Å². The number of nitrogens with one attached hydrogen (secondary N) is 1. The van der Waals surface area contributed by atoms with E-state index in [1.165, 1.54) is 4.90 Å². The van der Waals surface area contributed by atoms with E-state index < -0.39 is 6.03 Å². The number of amides is 3. The smallest absolute Gasteiger partial charge is 0.278 e. The van der Waals surface area contributed by atoms with Crippen LogP contribution < -0.4 is 10.2 Å². The summed E-state index contributed by atoms with van der Waals surface area (Å²) < 4.78 is 2.67. The number of aryl methyl sites for hydroxylation is 1. The summed E-state index contributed by atoms with van der Waals surface area (Å²) >= 11 is 3.41. The molecule has 2 aromatic rings. The molecule has 0 radical (unpaired) electrons. The van der Waals surface area contributed by atoms with Crippen molar-refractivity contribution in [3.05, 3.63) is 22.7 Å². The normalized spacial score (nSPS) is 16.0. The van der Waals surface area contributed by atoms with Crippen molar-refractivity contribution < 1.29 is 9.59 Å². The predicted molar refractivity (Wildman–Crippen MR) is 73.9 cm³/mol. The van der Waals surface area contributed by atoms with E-state index in [-0.39, 0.29) is 5.91 Å². The van der Waals surface area contributed by atoms with Gasteiger partial charge in [0.2, 0.25) is 5.91 Å². The highest BCUT2D eigenvalue weighted by Crippen LogP contribution is 2.28. The molecule has 6 nitrogen and oxygen atoms in total. The Hall–Kier alpha value is -1.89. The fourth-order valence-electron chi connectivity index (χ4n) is 2.18. The van der Waals surface area contributed by atoms with Gasteiger partial charge in [-0.3, -0.25) is 19.7 Å². The molecule has 1 aromatic heterocycles. The highest BCUT2D eigenvalue weighted by atomic mass is 79.9. The second kappa shape index (κ2) is 4.34. The lowest BCUT2D eigenvalue weighted by atomic mass is 10.2. The number of carbonyl (C=O) groups excluding carboxylic acids is 2. The maximum Gasteiger partial charge on any atom is 0.329 e. The summed E-state index contributed by atoms with van der Waals surface area (Å²) in [4.78, 5) is 24.5. The number of halogens is 1. The van der Waals surface area contributed by atoms with E-state index in [9.17, 15) is 9.59 Å². The minimum atomic E-state index is -0.417. The topological polar surface area (TPSA) is 67.2 Å². The second-order valence-electron chi connectivity index (χ2n) is 4.36. The largest absolute Gasteiger partial charge is 0.329 e. The standard InChI is InChI=1S/C12H11BrN4O2/c1-16-9-6-7(13)2-3-8(9)11(15-16)17-5-4-10(18)14-12(17)19/h2-3,6H,4-5H2,1H3,(H,14,18,19). The summed E-state index contributed by atoms with van der Waals surface area (Å²) in [5, 5.41) is 7.57. The number of fused-ring (bicyclic) bond motifs is 1. The minimum absolute atomic E-state index is 0.246. The zero-order chi connectivity index (χ0) is 13.6. The van der Waals surface area contributed by atoms with E-state index in [1.807, 2.05) is 25.2 Å².